The first kappa shape index (κ1) is 11.8. The third-order valence-corrected chi connectivity index (χ3v) is 11.0. The molecule has 0 bridgehead atoms. The summed E-state index contributed by atoms with van der Waals surface area (Å²) in [5.74, 6) is 0. The molecule has 0 amide bonds. The molecular weight excluding hydrogens is 383 g/mol. The van der Waals surface area contributed by atoms with Crippen LogP contribution < -0.4 is 0 Å². The van der Waals surface area contributed by atoms with Crippen molar-refractivity contribution in [3.05, 3.63) is 22.3 Å². The van der Waals surface area contributed by atoms with E-state index in [1.165, 1.54) is 22.3 Å². The van der Waals surface area contributed by atoms with Crippen LogP contribution in [0.5, 0.6) is 0 Å². The Kier molecular flexibility index (Phi) is 3.35. The topological polar surface area (TPSA) is 0 Å². The fourth-order valence-corrected chi connectivity index (χ4v) is 7.07. The maximum atomic E-state index is 6.21. The predicted molar refractivity (Wildman–Crippen MR) is 56.8 cm³/mol. The molecule has 1 aliphatic rings. The molecule has 0 heterocycles. The molecule has 0 aromatic rings. The van der Waals surface area contributed by atoms with Gasteiger partial charge in [-0.15, -0.1) is 0 Å². The third-order valence-electron chi connectivity index (χ3n) is 3.31. The van der Waals surface area contributed by atoms with Crippen molar-refractivity contribution in [1.29, 1.82) is 0 Å². The Labute approximate surface area is 94.1 Å². The van der Waals surface area contributed by atoms with E-state index in [4.69, 9.17) is 19.2 Å². The molecule has 0 nitrogen and oxygen atoms in total. The molecule has 0 aromatic heterocycles. The molecule has 0 unspecified atom stereocenters. The zero-order valence-corrected chi connectivity index (χ0v) is 12.5. The summed E-state index contributed by atoms with van der Waals surface area (Å²) in [5, 5.41) is 0. The van der Waals surface area contributed by atoms with E-state index in [0.29, 0.717) is 0 Å². The summed E-state index contributed by atoms with van der Waals surface area (Å²) in [6.07, 6.45) is 0. The molecule has 3 heteroatoms. The van der Waals surface area contributed by atoms with Crippen LogP contribution in [0.15, 0.2) is 22.3 Å². The second-order valence-electron chi connectivity index (χ2n) is 3.63. The quantitative estimate of drug-likeness (QED) is 0.597. The number of allylic oxidation sites excluding steroid dienone is 4. The molecule has 0 saturated heterocycles. The van der Waals surface area contributed by atoms with Gasteiger partial charge in [-0.25, -0.2) is 0 Å². The molecule has 0 fully saturated rings. The van der Waals surface area contributed by atoms with Crippen molar-refractivity contribution in [2.45, 2.75) is 38.5 Å². The molecule has 0 radical (unpaired) electrons. The fourth-order valence-electron chi connectivity index (χ4n) is 1.72. The van der Waals surface area contributed by atoms with E-state index in [9.17, 15) is 0 Å². The van der Waals surface area contributed by atoms with Gasteiger partial charge in [0.1, 0.15) is 0 Å². The van der Waals surface area contributed by atoms with Crippen molar-refractivity contribution in [3.8, 4) is 0 Å². The van der Waals surface area contributed by atoms with Crippen LogP contribution in [0.2, 0.25) is 3.93 Å². The van der Waals surface area contributed by atoms with E-state index >= 15 is 0 Å². The van der Waals surface area contributed by atoms with Crippen molar-refractivity contribution in [3.63, 3.8) is 0 Å². The van der Waals surface area contributed by atoms with Crippen LogP contribution >= 0.6 is 19.2 Å². The standard InChI is InChI=1S/C10H15.2ClH.Ir/c1-6-7(2)9(4)10(5)8(6)3;;;/h1-5H3;2*1H;/q;;;+1/p-2. The van der Waals surface area contributed by atoms with Gasteiger partial charge in [0, 0.05) is 0 Å². The second kappa shape index (κ2) is 3.70. The molecule has 0 aliphatic heterocycles. The van der Waals surface area contributed by atoms with Crippen LogP contribution in [0.1, 0.15) is 34.6 Å². The summed E-state index contributed by atoms with van der Waals surface area (Å²) < 4.78 is 0.0112. The molecule has 1 rings (SSSR count). The minimum absolute atomic E-state index is 0.0112. The third kappa shape index (κ3) is 1.55. The Balaban J connectivity index is 3.31. The van der Waals surface area contributed by atoms with Crippen LogP contribution in [0.3, 0.4) is 0 Å². The van der Waals surface area contributed by atoms with Crippen LogP contribution in [0.4, 0.5) is 0 Å². The van der Waals surface area contributed by atoms with Gasteiger partial charge in [0.15, 0.2) is 0 Å². The van der Waals surface area contributed by atoms with Crippen LogP contribution in [-0.4, -0.2) is 0 Å². The molecule has 0 aromatic carbocycles. The van der Waals surface area contributed by atoms with Gasteiger partial charge in [-0.3, -0.25) is 0 Å². The first-order valence-electron chi connectivity index (χ1n) is 4.17. The van der Waals surface area contributed by atoms with Gasteiger partial charge in [0.25, 0.3) is 0 Å². The van der Waals surface area contributed by atoms with Gasteiger partial charge in [-0.05, 0) is 0 Å². The molecule has 13 heavy (non-hydrogen) atoms. The Morgan fingerprint density at radius 1 is 0.923 bits per heavy atom. The van der Waals surface area contributed by atoms with Crippen molar-refractivity contribution in [2.75, 3.05) is 0 Å². The summed E-state index contributed by atoms with van der Waals surface area (Å²) in [6.45, 7) is 10.8. The molecule has 0 N–H and O–H groups in total. The molecule has 1 aliphatic carbocycles. The van der Waals surface area contributed by atoms with Gasteiger partial charge in [0.05, 0.1) is 0 Å². The van der Waals surface area contributed by atoms with E-state index < -0.39 is 14.5 Å². The number of rotatable bonds is 1. The Morgan fingerprint density at radius 2 is 1.23 bits per heavy atom. The Morgan fingerprint density at radius 3 is 1.38 bits per heavy atom. The molecular formula is C10H15Cl2Ir-. The van der Waals surface area contributed by atoms with Crippen molar-refractivity contribution >= 4 is 19.2 Å². The molecule has 0 spiro atoms. The summed E-state index contributed by atoms with van der Waals surface area (Å²) in [7, 11) is 12.4. The van der Waals surface area contributed by atoms with E-state index in [0.717, 1.165) is 0 Å². The molecule has 0 saturated carbocycles. The number of hydrogen-bond acceptors (Lipinski definition) is 0. The fraction of sp³-hybridized carbons (Fsp3) is 0.600. The minimum atomic E-state index is -1.97. The van der Waals surface area contributed by atoms with Gasteiger partial charge in [0.2, 0.25) is 0 Å². The predicted octanol–water partition coefficient (Wildman–Crippen LogP) is 4.78. The van der Waals surface area contributed by atoms with Gasteiger partial charge >= 0.3 is 94.5 Å². The van der Waals surface area contributed by atoms with Gasteiger partial charge < -0.3 is 0 Å². The Hall–Kier alpha value is 0.709. The maximum absolute atomic E-state index is 6.21. The summed E-state index contributed by atoms with van der Waals surface area (Å²) >= 11 is -1.97. The number of halogens is 2. The normalized spacial score (nSPS) is 22.8. The molecule has 0 atom stereocenters. The Bertz CT molecular complexity index is 276. The summed E-state index contributed by atoms with van der Waals surface area (Å²) in [5.41, 5.74) is 5.52. The summed E-state index contributed by atoms with van der Waals surface area (Å²) in [6, 6.07) is 0. The van der Waals surface area contributed by atoms with E-state index in [2.05, 4.69) is 34.6 Å². The van der Waals surface area contributed by atoms with Crippen molar-refractivity contribution < 1.29 is 14.5 Å². The van der Waals surface area contributed by atoms with Crippen LogP contribution in [0.25, 0.3) is 0 Å². The van der Waals surface area contributed by atoms with Gasteiger partial charge in [-0.1, -0.05) is 0 Å². The SMILES string of the molecule is CC1=C(C)[C](C)([Ir-]([Cl])[Cl])C(C)=C1C. The first-order chi connectivity index (χ1) is 5.83. The number of hydrogen-bond donors (Lipinski definition) is 0. The van der Waals surface area contributed by atoms with Crippen molar-refractivity contribution in [2.24, 2.45) is 0 Å². The second-order valence-corrected chi connectivity index (χ2v) is 12.5. The first-order valence-corrected chi connectivity index (χ1v) is 11.3. The van der Waals surface area contributed by atoms with E-state index in [1.807, 2.05) is 0 Å². The van der Waals surface area contributed by atoms with Crippen LogP contribution in [-0.2, 0) is 14.5 Å². The summed E-state index contributed by atoms with van der Waals surface area (Å²) in [4.78, 5) is 0. The average molecular weight is 398 g/mol. The van der Waals surface area contributed by atoms with Crippen LogP contribution in [0, 0.1) is 0 Å². The van der Waals surface area contributed by atoms with E-state index in [1.54, 1.807) is 0 Å². The molecule has 79 valence electrons. The monoisotopic (exact) mass is 398 g/mol. The van der Waals surface area contributed by atoms with Crippen molar-refractivity contribution in [1.82, 2.24) is 0 Å². The zero-order chi connectivity index (χ0) is 10.4. The zero-order valence-electron chi connectivity index (χ0n) is 8.59. The average Bonchev–Trinajstić information content (AvgIpc) is 2.22. The van der Waals surface area contributed by atoms with E-state index in [-0.39, 0.29) is 3.93 Å². The van der Waals surface area contributed by atoms with Gasteiger partial charge in [-0.2, -0.15) is 0 Å².